The van der Waals surface area contributed by atoms with Crippen LogP contribution in [0.2, 0.25) is 10.3 Å². The number of carbonyl (C=O) groups excluding carboxylic acids is 1. The molecule has 4 nitrogen and oxygen atoms in total. The summed E-state index contributed by atoms with van der Waals surface area (Å²) in [6, 6.07) is 10.6. The highest BCUT2D eigenvalue weighted by Crippen LogP contribution is 2.24. The van der Waals surface area contributed by atoms with Crippen LogP contribution >= 0.6 is 23.2 Å². The van der Waals surface area contributed by atoms with Crippen LogP contribution < -0.4 is 5.32 Å². The zero-order valence-electron chi connectivity index (χ0n) is 10.7. The average Bonchev–Trinajstić information content (AvgIpc) is 2.50. The third-order valence-corrected chi connectivity index (χ3v) is 3.50. The van der Waals surface area contributed by atoms with E-state index in [0.29, 0.717) is 21.6 Å². The van der Waals surface area contributed by atoms with Crippen molar-refractivity contribution in [2.75, 3.05) is 5.32 Å². The molecule has 0 spiro atoms. The molecule has 0 atom stereocenters. The van der Waals surface area contributed by atoms with Crippen LogP contribution in [-0.4, -0.2) is 15.9 Å². The lowest BCUT2D eigenvalue weighted by Gasteiger charge is -2.08. The van der Waals surface area contributed by atoms with Crippen molar-refractivity contribution in [2.45, 2.75) is 0 Å². The standard InChI is InChI=1S/C15H9Cl2N3O/c16-13-6-5-9(7-18-13)20-15(21)12-8-19-14(17)11-4-2-1-3-10(11)12/h1-8H,(H,20,21). The van der Waals surface area contributed by atoms with E-state index in [0.717, 1.165) is 10.8 Å². The number of hydrogen-bond donors (Lipinski definition) is 1. The van der Waals surface area contributed by atoms with E-state index in [9.17, 15) is 4.79 Å². The van der Waals surface area contributed by atoms with Crippen LogP contribution in [0.5, 0.6) is 0 Å². The largest absolute Gasteiger partial charge is 0.321 e. The van der Waals surface area contributed by atoms with Crippen molar-refractivity contribution in [1.82, 2.24) is 9.97 Å². The molecule has 3 rings (SSSR count). The van der Waals surface area contributed by atoms with Gasteiger partial charge in [0.1, 0.15) is 10.3 Å². The average molecular weight is 318 g/mol. The Morgan fingerprint density at radius 3 is 2.43 bits per heavy atom. The zero-order valence-corrected chi connectivity index (χ0v) is 12.2. The summed E-state index contributed by atoms with van der Waals surface area (Å²) < 4.78 is 0. The Balaban J connectivity index is 1.98. The number of rotatable bonds is 2. The van der Waals surface area contributed by atoms with Gasteiger partial charge in [-0.05, 0) is 17.5 Å². The second kappa shape index (κ2) is 5.68. The van der Waals surface area contributed by atoms with Crippen LogP contribution in [0, 0.1) is 0 Å². The molecule has 104 valence electrons. The van der Waals surface area contributed by atoms with E-state index in [-0.39, 0.29) is 5.91 Å². The Morgan fingerprint density at radius 2 is 1.71 bits per heavy atom. The predicted molar refractivity (Wildman–Crippen MR) is 84.0 cm³/mol. The Labute approximate surface area is 130 Å². The first kappa shape index (κ1) is 13.8. The van der Waals surface area contributed by atoms with E-state index in [2.05, 4.69) is 15.3 Å². The molecule has 0 aliphatic heterocycles. The van der Waals surface area contributed by atoms with Crippen molar-refractivity contribution in [3.63, 3.8) is 0 Å². The molecule has 0 saturated carbocycles. The normalized spacial score (nSPS) is 10.6. The summed E-state index contributed by atoms with van der Waals surface area (Å²) in [6.45, 7) is 0. The predicted octanol–water partition coefficient (Wildman–Crippen LogP) is 4.19. The smallest absolute Gasteiger partial charge is 0.257 e. The molecule has 0 aliphatic rings. The van der Waals surface area contributed by atoms with E-state index in [1.807, 2.05) is 24.3 Å². The van der Waals surface area contributed by atoms with Crippen molar-refractivity contribution in [1.29, 1.82) is 0 Å². The first-order valence-corrected chi connectivity index (χ1v) is 6.87. The van der Waals surface area contributed by atoms with Crippen LogP contribution in [0.1, 0.15) is 10.4 Å². The van der Waals surface area contributed by atoms with E-state index in [4.69, 9.17) is 23.2 Å². The summed E-state index contributed by atoms with van der Waals surface area (Å²) >= 11 is 11.8. The molecule has 0 unspecified atom stereocenters. The number of aromatic nitrogens is 2. The molecule has 1 N–H and O–H groups in total. The Morgan fingerprint density at radius 1 is 0.952 bits per heavy atom. The van der Waals surface area contributed by atoms with Crippen LogP contribution in [0.15, 0.2) is 48.8 Å². The van der Waals surface area contributed by atoms with E-state index < -0.39 is 0 Å². The van der Waals surface area contributed by atoms with Crippen molar-refractivity contribution in [2.24, 2.45) is 0 Å². The molecule has 1 aromatic carbocycles. The zero-order chi connectivity index (χ0) is 14.8. The molecule has 21 heavy (non-hydrogen) atoms. The number of hydrogen-bond acceptors (Lipinski definition) is 3. The van der Waals surface area contributed by atoms with E-state index in [1.54, 1.807) is 12.1 Å². The lowest BCUT2D eigenvalue weighted by atomic mass is 10.1. The SMILES string of the molecule is O=C(Nc1ccc(Cl)nc1)c1cnc(Cl)c2ccccc12. The highest BCUT2D eigenvalue weighted by Gasteiger charge is 2.13. The first-order valence-electron chi connectivity index (χ1n) is 6.11. The van der Waals surface area contributed by atoms with Gasteiger partial charge in [-0.25, -0.2) is 9.97 Å². The maximum absolute atomic E-state index is 12.4. The van der Waals surface area contributed by atoms with Gasteiger partial charge in [0.25, 0.3) is 5.91 Å². The lowest BCUT2D eigenvalue weighted by molar-refractivity contribution is 0.102. The Bertz CT molecular complexity index is 819. The minimum atomic E-state index is -0.278. The van der Waals surface area contributed by atoms with Gasteiger partial charge in [0.2, 0.25) is 0 Å². The highest BCUT2D eigenvalue weighted by atomic mass is 35.5. The first-order chi connectivity index (χ1) is 10.1. The van der Waals surface area contributed by atoms with Gasteiger partial charge < -0.3 is 5.32 Å². The molecule has 0 aliphatic carbocycles. The third kappa shape index (κ3) is 2.82. The summed E-state index contributed by atoms with van der Waals surface area (Å²) in [7, 11) is 0. The summed E-state index contributed by atoms with van der Waals surface area (Å²) in [5, 5.41) is 4.98. The topological polar surface area (TPSA) is 54.9 Å². The molecule has 0 radical (unpaired) electrons. The minimum absolute atomic E-state index is 0.278. The number of fused-ring (bicyclic) bond motifs is 1. The number of nitrogens with one attached hydrogen (secondary N) is 1. The van der Waals surface area contributed by atoms with Gasteiger partial charge in [-0.2, -0.15) is 0 Å². The Kier molecular flexibility index (Phi) is 3.73. The highest BCUT2D eigenvalue weighted by molar-refractivity contribution is 6.35. The molecule has 2 heterocycles. The lowest BCUT2D eigenvalue weighted by Crippen LogP contribution is -2.13. The van der Waals surface area contributed by atoms with Gasteiger partial charge in [0.15, 0.2) is 0 Å². The van der Waals surface area contributed by atoms with Gasteiger partial charge in [-0.1, -0.05) is 47.5 Å². The monoisotopic (exact) mass is 317 g/mol. The molecule has 2 aromatic heterocycles. The van der Waals surface area contributed by atoms with Crippen molar-refractivity contribution >= 4 is 45.6 Å². The third-order valence-electron chi connectivity index (χ3n) is 2.98. The molecule has 6 heteroatoms. The molecule has 0 bridgehead atoms. The summed E-state index contributed by atoms with van der Waals surface area (Å²) in [5.74, 6) is -0.278. The van der Waals surface area contributed by atoms with Gasteiger partial charge >= 0.3 is 0 Å². The summed E-state index contributed by atoms with van der Waals surface area (Å²) in [5.41, 5.74) is 1.01. The van der Waals surface area contributed by atoms with Crippen molar-refractivity contribution < 1.29 is 4.79 Å². The van der Waals surface area contributed by atoms with Gasteiger partial charge in [-0.3, -0.25) is 4.79 Å². The van der Waals surface area contributed by atoms with Gasteiger partial charge in [0.05, 0.1) is 17.4 Å². The van der Waals surface area contributed by atoms with Gasteiger partial charge in [0, 0.05) is 11.6 Å². The van der Waals surface area contributed by atoms with E-state index in [1.165, 1.54) is 12.4 Å². The molecule has 0 fully saturated rings. The number of carbonyl (C=O) groups is 1. The maximum Gasteiger partial charge on any atom is 0.257 e. The molecule has 1 amide bonds. The minimum Gasteiger partial charge on any atom is -0.321 e. The maximum atomic E-state index is 12.4. The molecular weight excluding hydrogens is 309 g/mol. The summed E-state index contributed by atoms with van der Waals surface area (Å²) in [4.78, 5) is 20.3. The molecule has 0 saturated heterocycles. The van der Waals surface area contributed by atoms with Crippen LogP contribution in [0.3, 0.4) is 0 Å². The number of anilines is 1. The number of nitrogens with zero attached hydrogens (tertiary/aromatic N) is 2. The number of pyridine rings is 2. The fourth-order valence-electron chi connectivity index (χ4n) is 1.99. The Hall–Kier alpha value is -2.17. The van der Waals surface area contributed by atoms with E-state index >= 15 is 0 Å². The number of halogens is 2. The fraction of sp³-hybridized carbons (Fsp3) is 0. The van der Waals surface area contributed by atoms with Gasteiger partial charge in [-0.15, -0.1) is 0 Å². The van der Waals surface area contributed by atoms with Crippen molar-refractivity contribution in [3.8, 4) is 0 Å². The van der Waals surface area contributed by atoms with Crippen molar-refractivity contribution in [3.05, 3.63) is 64.7 Å². The number of benzene rings is 1. The quantitative estimate of drug-likeness (QED) is 0.721. The molecule has 3 aromatic rings. The summed E-state index contributed by atoms with van der Waals surface area (Å²) in [6.07, 6.45) is 2.95. The van der Waals surface area contributed by atoms with Crippen LogP contribution in [-0.2, 0) is 0 Å². The second-order valence-corrected chi connectivity index (χ2v) is 5.08. The van der Waals surface area contributed by atoms with Crippen LogP contribution in [0.4, 0.5) is 5.69 Å². The van der Waals surface area contributed by atoms with Crippen LogP contribution in [0.25, 0.3) is 10.8 Å². The number of amides is 1. The molecular formula is C15H9Cl2N3O. The second-order valence-electron chi connectivity index (χ2n) is 4.33. The fourth-order valence-corrected chi connectivity index (χ4v) is 2.31.